The minimum absolute atomic E-state index is 0.187. The predicted molar refractivity (Wildman–Crippen MR) is 110 cm³/mol. The van der Waals surface area contributed by atoms with Crippen molar-refractivity contribution in [3.63, 3.8) is 0 Å². The van der Waals surface area contributed by atoms with Crippen LogP contribution in [0, 0.1) is 6.92 Å². The van der Waals surface area contributed by atoms with Gasteiger partial charge in [0.05, 0.1) is 5.69 Å². The summed E-state index contributed by atoms with van der Waals surface area (Å²) >= 11 is 0. The van der Waals surface area contributed by atoms with E-state index in [0.717, 1.165) is 69.0 Å². The SMILES string of the molecule is CC(=O)N1CCC(N2CCC[C@H](c3nccnc3Oc3cccnc3C)C2)CC1. The Morgan fingerprint density at radius 3 is 2.62 bits per heavy atom. The summed E-state index contributed by atoms with van der Waals surface area (Å²) in [4.78, 5) is 29.6. The quantitative estimate of drug-likeness (QED) is 0.792. The molecule has 0 N–H and O–H groups in total. The van der Waals surface area contributed by atoms with Gasteiger partial charge >= 0.3 is 0 Å². The molecule has 0 radical (unpaired) electrons. The average Bonchev–Trinajstić information content (AvgIpc) is 2.76. The molecule has 1 amide bonds. The maximum absolute atomic E-state index is 11.6. The molecule has 4 heterocycles. The van der Waals surface area contributed by atoms with Crippen molar-refractivity contribution in [3.05, 3.63) is 42.1 Å². The molecular formula is C22H29N5O2. The summed E-state index contributed by atoms with van der Waals surface area (Å²) < 4.78 is 6.12. The number of carbonyl (C=O) groups excluding carboxylic acids is 1. The molecule has 2 aromatic rings. The van der Waals surface area contributed by atoms with Gasteiger partial charge in [-0.3, -0.25) is 19.7 Å². The zero-order chi connectivity index (χ0) is 20.2. The molecule has 0 unspecified atom stereocenters. The number of amides is 1. The second-order valence-corrected chi connectivity index (χ2v) is 8.01. The van der Waals surface area contributed by atoms with Crippen LogP contribution >= 0.6 is 0 Å². The molecule has 2 aliphatic rings. The van der Waals surface area contributed by atoms with E-state index in [0.29, 0.717) is 17.8 Å². The van der Waals surface area contributed by atoms with Crippen LogP contribution in [0.4, 0.5) is 0 Å². The van der Waals surface area contributed by atoms with Gasteiger partial charge in [-0.15, -0.1) is 0 Å². The van der Waals surface area contributed by atoms with Crippen molar-refractivity contribution in [1.82, 2.24) is 24.8 Å². The predicted octanol–water partition coefficient (Wildman–Crippen LogP) is 3.16. The van der Waals surface area contributed by atoms with Gasteiger partial charge in [-0.2, -0.15) is 0 Å². The number of hydrogen-bond donors (Lipinski definition) is 0. The number of carbonyl (C=O) groups is 1. The lowest BCUT2D eigenvalue weighted by Crippen LogP contribution is -2.49. The van der Waals surface area contributed by atoms with Crippen LogP contribution in [0.15, 0.2) is 30.7 Å². The van der Waals surface area contributed by atoms with Gasteiger partial charge in [-0.1, -0.05) is 0 Å². The van der Waals surface area contributed by atoms with Gasteiger partial charge in [-0.05, 0) is 51.3 Å². The van der Waals surface area contributed by atoms with Crippen molar-refractivity contribution in [2.24, 2.45) is 0 Å². The van der Waals surface area contributed by atoms with Crippen molar-refractivity contribution in [3.8, 4) is 11.6 Å². The molecule has 154 valence electrons. The molecule has 2 aromatic heterocycles. The zero-order valence-corrected chi connectivity index (χ0v) is 17.3. The molecule has 0 spiro atoms. The molecule has 0 aliphatic carbocycles. The van der Waals surface area contributed by atoms with Gasteiger partial charge in [0.2, 0.25) is 11.8 Å². The van der Waals surface area contributed by atoms with Gasteiger partial charge in [0, 0.05) is 57.1 Å². The van der Waals surface area contributed by atoms with Crippen LogP contribution in [-0.4, -0.2) is 62.9 Å². The fourth-order valence-electron chi connectivity index (χ4n) is 4.48. The van der Waals surface area contributed by atoms with Crippen LogP contribution in [0.2, 0.25) is 0 Å². The maximum Gasteiger partial charge on any atom is 0.241 e. The van der Waals surface area contributed by atoms with Crippen LogP contribution in [-0.2, 0) is 4.79 Å². The van der Waals surface area contributed by atoms with Crippen molar-refractivity contribution < 1.29 is 9.53 Å². The molecule has 2 fully saturated rings. The normalized spacial score (nSPS) is 21.2. The van der Waals surface area contributed by atoms with E-state index >= 15 is 0 Å². The molecule has 7 nitrogen and oxygen atoms in total. The van der Waals surface area contributed by atoms with E-state index < -0.39 is 0 Å². The first-order valence-electron chi connectivity index (χ1n) is 10.5. The van der Waals surface area contributed by atoms with E-state index in [-0.39, 0.29) is 5.91 Å². The lowest BCUT2D eigenvalue weighted by atomic mass is 9.91. The smallest absolute Gasteiger partial charge is 0.241 e. The Labute approximate surface area is 172 Å². The molecular weight excluding hydrogens is 366 g/mol. The molecule has 0 saturated carbocycles. The highest BCUT2D eigenvalue weighted by atomic mass is 16.5. The highest BCUT2D eigenvalue weighted by molar-refractivity contribution is 5.73. The molecule has 2 saturated heterocycles. The minimum Gasteiger partial charge on any atom is -0.435 e. The van der Waals surface area contributed by atoms with Gasteiger partial charge in [-0.25, -0.2) is 4.98 Å². The zero-order valence-electron chi connectivity index (χ0n) is 17.3. The number of ether oxygens (including phenoxy) is 1. The first-order valence-corrected chi connectivity index (χ1v) is 10.5. The van der Waals surface area contributed by atoms with Crippen molar-refractivity contribution >= 4 is 5.91 Å². The van der Waals surface area contributed by atoms with E-state index in [2.05, 4.69) is 19.9 Å². The second kappa shape index (κ2) is 8.86. The fourth-order valence-corrected chi connectivity index (χ4v) is 4.48. The number of hydrogen-bond acceptors (Lipinski definition) is 6. The number of nitrogens with zero attached hydrogens (tertiary/aromatic N) is 5. The maximum atomic E-state index is 11.6. The van der Waals surface area contributed by atoms with Gasteiger partial charge in [0.25, 0.3) is 0 Å². The molecule has 0 aromatic carbocycles. The van der Waals surface area contributed by atoms with E-state index in [1.165, 1.54) is 0 Å². The summed E-state index contributed by atoms with van der Waals surface area (Å²) in [6.07, 6.45) is 9.51. The Balaban J connectivity index is 1.46. The largest absolute Gasteiger partial charge is 0.435 e. The van der Waals surface area contributed by atoms with Crippen molar-refractivity contribution in [2.45, 2.75) is 51.5 Å². The summed E-state index contributed by atoms with van der Waals surface area (Å²) in [5, 5.41) is 0. The summed E-state index contributed by atoms with van der Waals surface area (Å²) in [6, 6.07) is 4.32. The molecule has 4 rings (SSSR count). The monoisotopic (exact) mass is 395 g/mol. The highest BCUT2D eigenvalue weighted by Crippen LogP contribution is 2.34. The third-order valence-electron chi connectivity index (χ3n) is 6.12. The molecule has 1 atom stereocenters. The third-order valence-corrected chi connectivity index (χ3v) is 6.12. The van der Waals surface area contributed by atoms with E-state index in [1.54, 1.807) is 25.5 Å². The van der Waals surface area contributed by atoms with Crippen molar-refractivity contribution in [1.29, 1.82) is 0 Å². The Morgan fingerprint density at radius 2 is 1.86 bits per heavy atom. The number of aryl methyl sites for hydroxylation is 1. The average molecular weight is 396 g/mol. The molecule has 29 heavy (non-hydrogen) atoms. The van der Waals surface area contributed by atoms with Gasteiger partial charge in [0.1, 0.15) is 5.69 Å². The van der Waals surface area contributed by atoms with Crippen LogP contribution < -0.4 is 4.74 Å². The summed E-state index contributed by atoms with van der Waals surface area (Å²) in [5.74, 6) is 1.79. The van der Waals surface area contributed by atoms with Crippen LogP contribution in [0.5, 0.6) is 11.6 Å². The number of likely N-dealkylation sites (tertiary alicyclic amines) is 2. The lowest BCUT2D eigenvalue weighted by molar-refractivity contribution is -0.130. The summed E-state index contributed by atoms with van der Waals surface area (Å²) in [7, 11) is 0. The van der Waals surface area contributed by atoms with Crippen LogP contribution in [0.25, 0.3) is 0 Å². The Morgan fingerprint density at radius 1 is 1.07 bits per heavy atom. The number of aromatic nitrogens is 3. The fraction of sp³-hybridized carbons (Fsp3) is 0.545. The Hall–Kier alpha value is -2.54. The number of rotatable bonds is 4. The summed E-state index contributed by atoms with van der Waals surface area (Å²) in [6.45, 7) is 7.39. The lowest BCUT2D eigenvalue weighted by Gasteiger charge is -2.42. The minimum atomic E-state index is 0.187. The van der Waals surface area contributed by atoms with E-state index in [1.807, 2.05) is 24.0 Å². The first-order chi connectivity index (χ1) is 14.1. The Bertz CT molecular complexity index is 851. The summed E-state index contributed by atoms with van der Waals surface area (Å²) in [5.41, 5.74) is 1.77. The molecule has 2 aliphatic heterocycles. The molecule has 0 bridgehead atoms. The first kappa shape index (κ1) is 19.8. The number of pyridine rings is 1. The van der Waals surface area contributed by atoms with Gasteiger partial charge in [0.15, 0.2) is 5.75 Å². The second-order valence-electron chi connectivity index (χ2n) is 8.01. The van der Waals surface area contributed by atoms with E-state index in [9.17, 15) is 4.79 Å². The topological polar surface area (TPSA) is 71.5 Å². The van der Waals surface area contributed by atoms with Crippen LogP contribution in [0.1, 0.15) is 49.9 Å². The standard InChI is InChI=1S/C22H29N5O2/c1-16-20(6-3-9-23-16)29-22-21(24-10-11-25-22)18-5-4-12-27(15-18)19-7-13-26(14-8-19)17(2)28/h3,6,9-11,18-19H,4-5,7-8,12-15H2,1-2H3/t18-/m0/s1. The molecule has 7 heteroatoms. The van der Waals surface area contributed by atoms with E-state index in [4.69, 9.17) is 4.74 Å². The third kappa shape index (κ3) is 4.56. The highest BCUT2D eigenvalue weighted by Gasteiger charge is 2.32. The van der Waals surface area contributed by atoms with Crippen LogP contribution in [0.3, 0.4) is 0 Å². The van der Waals surface area contributed by atoms with Gasteiger partial charge < -0.3 is 9.64 Å². The number of piperidine rings is 2. The Kier molecular flexibility index (Phi) is 6.04. The van der Waals surface area contributed by atoms with Crippen molar-refractivity contribution in [2.75, 3.05) is 26.2 Å².